The molecule has 26 heavy (non-hydrogen) atoms. The Bertz CT molecular complexity index is 976. The molecule has 0 bridgehead atoms. The summed E-state index contributed by atoms with van der Waals surface area (Å²) in [5.74, 6) is -2.07. The highest BCUT2D eigenvalue weighted by molar-refractivity contribution is 7.20. The number of rotatable bonds is 5. The van der Waals surface area contributed by atoms with E-state index in [1.165, 1.54) is 23.5 Å². The summed E-state index contributed by atoms with van der Waals surface area (Å²) in [7, 11) is 0. The van der Waals surface area contributed by atoms with Crippen LogP contribution < -0.4 is 5.32 Å². The van der Waals surface area contributed by atoms with Gasteiger partial charge in [0.15, 0.2) is 0 Å². The molecule has 1 amide bonds. The van der Waals surface area contributed by atoms with E-state index >= 15 is 0 Å². The fourth-order valence-electron chi connectivity index (χ4n) is 2.64. The van der Waals surface area contributed by atoms with Crippen LogP contribution in [0.1, 0.15) is 29.2 Å². The van der Waals surface area contributed by atoms with Crippen molar-refractivity contribution in [2.75, 3.05) is 0 Å². The number of carboxylic acid groups (broad SMARTS) is 1. The molecule has 136 valence electrons. The predicted octanol–water partition coefficient (Wildman–Crippen LogP) is 3.37. The van der Waals surface area contributed by atoms with E-state index in [1.807, 2.05) is 6.92 Å². The van der Waals surface area contributed by atoms with Crippen molar-refractivity contribution >= 4 is 33.4 Å². The minimum absolute atomic E-state index is 0.234. The Balaban J connectivity index is 1.97. The first-order chi connectivity index (χ1) is 12.3. The highest BCUT2D eigenvalue weighted by Crippen LogP contribution is 2.30. The number of aliphatic carboxylic acids is 1. The average molecular weight is 375 g/mol. The summed E-state index contributed by atoms with van der Waals surface area (Å²) in [6, 6.07) is 6.66. The fourth-order valence-corrected chi connectivity index (χ4v) is 3.73. The second kappa shape index (κ2) is 6.87. The lowest BCUT2D eigenvalue weighted by atomic mass is 10.0. The van der Waals surface area contributed by atoms with Gasteiger partial charge in [0.2, 0.25) is 0 Å². The first-order valence-electron chi connectivity index (χ1n) is 8.06. The van der Waals surface area contributed by atoms with Crippen molar-refractivity contribution in [3.05, 3.63) is 46.7 Å². The highest BCUT2D eigenvalue weighted by atomic mass is 32.1. The van der Waals surface area contributed by atoms with Crippen molar-refractivity contribution < 1.29 is 19.1 Å². The number of carbonyl (C=O) groups is 2. The molecule has 0 spiro atoms. The maximum atomic E-state index is 13.2. The molecule has 0 saturated heterocycles. The monoisotopic (exact) mass is 375 g/mol. The number of benzene rings is 1. The third kappa shape index (κ3) is 3.32. The topological polar surface area (TPSA) is 84.2 Å². The normalized spacial score (nSPS) is 12.5. The quantitative estimate of drug-likeness (QED) is 0.716. The van der Waals surface area contributed by atoms with Crippen molar-refractivity contribution in [3.63, 3.8) is 0 Å². The molecule has 0 fully saturated rings. The highest BCUT2D eigenvalue weighted by Gasteiger charge is 2.25. The van der Waals surface area contributed by atoms with Crippen molar-refractivity contribution in [1.29, 1.82) is 0 Å². The molecule has 0 aliphatic rings. The van der Waals surface area contributed by atoms with E-state index in [0.717, 1.165) is 15.9 Å². The van der Waals surface area contributed by atoms with Crippen molar-refractivity contribution in [1.82, 2.24) is 15.1 Å². The van der Waals surface area contributed by atoms with E-state index in [2.05, 4.69) is 10.4 Å². The predicted molar refractivity (Wildman–Crippen MR) is 97.4 cm³/mol. The number of carbonyl (C=O) groups excluding carboxylic acids is 1. The number of amides is 1. The average Bonchev–Trinajstić information content (AvgIpc) is 3.14. The van der Waals surface area contributed by atoms with Gasteiger partial charge in [-0.1, -0.05) is 13.8 Å². The molecule has 2 N–H and O–H groups in total. The number of carboxylic acids is 1. The summed E-state index contributed by atoms with van der Waals surface area (Å²) in [5, 5.41) is 17.1. The van der Waals surface area contributed by atoms with Gasteiger partial charge in [-0.15, -0.1) is 11.3 Å². The molecule has 1 unspecified atom stereocenters. The lowest BCUT2D eigenvalue weighted by Gasteiger charge is -2.17. The largest absolute Gasteiger partial charge is 0.480 e. The third-order valence-electron chi connectivity index (χ3n) is 4.06. The van der Waals surface area contributed by atoms with Gasteiger partial charge in [-0.25, -0.2) is 13.9 Å². The lowest BCUT2D eigenvalue weighted by molar-refractivity contribution is -0.140. The first kappa shape index (κ1) is 18.1. The zero-order valence-corrected chi connectivity index (χ0v) is 15.3. The SMILES string of the molecule is Cc1nn(-c2ccc(F)cc2)c2sc(C(=O)NC(C(=O)O)C(C)C)cc12. The van der Waals surface area contributed by atoms with Crippen molar-refractivity contribution in [2.24, 2.45) is 5.92 Å². The summed E-state index contributed by atoms with van der Waals surface area (Å²) in [6.45, 7) is 5.30. The molecule has 3 aromatic rings. The molecule has 8 heteroatoms. The molecule has 1 atom stereocenters. The smallest absolute Gasteiger partial charge is 0.326 e. The molecule has 2 heterocycles. The van der Waals surface area contributed by atoms with Crippen LogP contribution in [0.15, 0.2) is 30.3 Å². The van der Waals surface area contributed by atoms with Gasteiger partial charge in [0, 0.05) is 5.39 Å². The maximum Gasteiger partial charge on any atom is 0.326 e. The van der Waals surface area contributed by atoms with Gasteiger partial charge in [-0.2, -0.15) is 5.10 Å². The third-order valence-corrected chi connectivity index (χ3v) is 5.17. The summed E-state index contributed by atoms with van der Waals surface area (Å²) in [4.78, 5) is 24.9. The second-order valence-electron chi connectivity index (χ2n) is 6.34. The van der Waals surface area contributed by atoms with E-state index in [1.54, 1.807) is 36.7 Å². The number of thiophene rings is 1. The molecule has 0 saturated carbocycles. The van der Waals surface area contributed by atoms with Gasteiger partial charge in [-0.05, 0) is 43.2 Å². The van der Waals surface area contributed by atoms with E-state index < -0.39 is 17.9 Å². The van der Waals surface area contributed by atoms with Gasteiger partial charge in [0.1, 0.15) is 16.7 Å². The minimum Gasteiger partial charge on any atom is -0.480 e. The van der Waals surface area contributed by atoms with E-state index in [-0.39, 0.29) is 11.7 Å². The van der Waals surface area contributed by atoms with Gasteiger partial charge in [-0.3, -0.25) is 4.79 Å². The lowest BCUT2D eigenvalue weighted by Crippen LogP contribution is -2.44. The Morgan fingerprint density at radius 3 is 2.50 bits per heavy atom. The molecule has 2 aromatic heterocycles. The number of aryl methyl sites for hydroxylation is 1. The summed E-state index contributed by atoms with van der Waals surface area (Å²) >= 11 is 1.22. The molecule has 1 aromatic carbocycles. The summed E-state index contributed by atoms with van der Waals surface area (Å²) in [6.07, 6.45) is 0. The Hall–Kier alpha value is -2.74. The minimum atomic E-state index is -1.07. The Kier molecular flexibility index (Phi) is 4.78. The Labute approximate surface area is 153 Å². The van der Waals surface area contributed by atoms with Crippen LogP contribution in [0.25, 0.3) is 15.9 Å². The summed E-state index contributed by atoms with van der Waals surface area (Å²) in [5.41, 5.74) is 1.42. The van der Waals surface area contributed by atoms with E-state index in [4.69, 9.17) is 0 Å². The van der Waals surface area contributed by atoms with Crippen LogP contribution in [-0.2, 0) is 4.79 Å². The molecule has 6 nitrogen and oxygen atoms in total. The van der Waals surface area contributed by atoms with Gasteiger partial charge in [0.25, 0.3) is 5.91 Å². The first-order valence-corrected chi connectivity index (χ1v) is 8.88. The molecule has 0 aliphatic heterocycles. The number of nitrogens with zero attached hydrogens (tertiary/aromatic N) is 2. The molecular weight excluding hydrogens is 357 g/mol. The van der Waals surface area contributed by atoms with Crippen LogP contribution in [0, 0.1) is 18.7 Å². The number of aromatic nitrogens is 2. The Morgan fingerprint density at radius 1 is 1.27 bits per heavy atom. The summed E-state index contributed by atoms with van der Waals surface area (Å²) < 4.78 is 14.8. The van der Waals surface area contributed by atoms with Crippen molar-refractivity contribution in [3.8, 4) is 5.69 Å². The van der Waals surface area contributed by atoms with Crippen molar-refractivity contribution in [2.45, 2.75) is 26.8 Å². The molecule has 3 rings (SSSR count). The van der Waals surface area contributed by atoms with Crippen LogP contribution in [-0.4, -0.2) is 32.8 Å². The number of hydrogen-bond donors (Lipinski definition) is 2. The number of halogens is 1. The fraction of sp³-hybridized carbons (Fsp3) is 0.278. The van der Waals surface area contributed by atoms with Gasteiger partial charge >= 0.3 is 5.97 Å². The van der Waals surface area contributed by atoms with Crippen LogP contribution in [0.2, 0.25) is 0 Å². The maximum absolute atomic E-state index is 13.2. The Morgan fingerprint density at radius 2 is 1.92 bits per heavy atom. The van der Waals surface area contributed by atoms with Crippen LogP contribution in [0.4, 0.5) is 4.39 Å². The van der Waals surface area contributed by atoms with Crippen LogP contribution >= 0.6 is 11.3 Å². The molecule has 0 radical (unpaired) electrons. The number of fused-ring (bicyclic) bond motifs is 1. The zero-order chi connectivity index (χ0) is 19.0. The molecular formula is C18H18FN3O3S. The van der Waals surface area contributed by atoms with E-state index in [0.29, 0.717) is 10.6 Å². The number of nitrogens with one attached hydrogen (secondary N) is 1. The second-order valence-corrected chi connectivity index (χ2v) is 7.37. The van der Waals surface area contributed by atoms with Crippen LogP contribution in [0.5, 0.6) is 0 Å². The number of hydrogen-bond acceptors (Lipinski definition) is 4. The van der Waals surface area contributed by atoms with Crippen LogP contribution in [0.3, 0.4) is 0 Å². The standard InChI is InChI=1S/C18H18FN3O3S/c1-9(2)15(18(24)25)20-16(23)14-8-13-10(3)21-22(17(13)26-14)12-6-4-11(19)5-7-12/h4-9,15H,1-3H3,(H,20,23)(H,24,25). The zero-order valence-electron chi connectivity index (χ0n) is 14.5. The van der Waals surface area contributed by atoms with Gasteiger partial charge in [0.05, 0.1) is 16.3 Å². The van der Waals surface area contributed by atoms with E-state index in [9.17, 15) is 19.1 Å². The molecule has 0 aliphatic carbocycles. The van der Waals surface area contributed by atoms with Gasteiger partial charge < -0.3 is 10.4 Å².